The van der Waals surface area contributed by atoms with E-state index in [1.54, 1.807) is 23.9 Å². The maximum atomic E-state index is 12.5. The molecule has 0 aliphatic rings. The van der Waals surface area contributed by atoms with Crippen molar-refractivity contribution in [2.75, 3.05) is 27.6 Å². The number of ketones is 1. The lowest BCUT2D eigenvalue weighted by atomic mass is 10.0. The van der Waals surface area contributed by atoms with E-state index in [2.05, 4.69) is 0 Å². The minimum atomic E-state index is 0.00107. The summed E-state index contributed by atoms with van der Waals surface area (Å²) < 4.78 is 15.9. The Morgan fingerprint density at radius 3 is 1.96 bits per heavy atom. The van der Waals surface area contributed by atoms with Gasteiger partial charge in [0.25, 0.3) is 0 Å². The summed E-state index contributed by atoms with van der Waals surface area (Å²) in [6.07, 6.45) is 2.35. The molecule has 0 atom stereocenters. The first-order valence-electron chi connectivity index (χ1n) is 7.09. The molecule has 0 saturated carbocycles. The van der Waals surface area contributed by atoms with Crippen molar-refractivity contribution in [3.8, 4) is 17.2 Å². The maximum absolute atomic E-state index is 12.5. The van der Waals surface area contributed by atoms with Crippen molar-refractivity contribution in [3.63, 3.8) is 0 Å². The molecule has 0 N–H and O–H groups in total. The van der Waals surface area contributed by atoms with Crippen molar-refractivity contribution < 1.29 is 19.0 Å². The van der Waals surface area contributed by atoms with Gasteiger partial charge in [-0.2, -0.15) is 0 Å². The molecule has 0 spiro atoms. The van der Waals surface area contributed by atoms with Crippen LogP contribution in [0, 0.1) is 0 Å². The fourth-order valence-corrected chi connectivity index (χ4v) is 2.68. The summed E-state index contributed by atoms with van der Waals surface area (Å²) in [4.78, 5) is 13.7. The predicted octanol–water partition coefficient (Wildman–Crippen LogP) is 3.86. The minimum Gasteiger partial charge on any atom is -0.493 e. The van der Waals surface area contributed by atoms with E-state index in [4.69, 9.17) is 14.2 Å². The van der Waals surface area contributed by atoms with Crippen LogP contribution >= 0.6 is 11.8 Å². The van der Waals surface area contributed by atoms with E-state index in [1.807, 2.05) is 30.5 Å². The number of hydrogen-bond donors (Lipinski definition) is 0. The molecule has 0 fully saturated rings. The van der Waals surface area contributed by atoms with Crippen molar-refractivity contribution in [3.05, 3.63) is 47.5 Å². The van der Waals surface area contributed by atoms with Crippen molar-refractivity contribution in [1.82, 2.24) is 0 Å². The second kappa shape index (κ2) is 7.92. The Labute approximate surface area is 140 Å². The zero-order valence-electron chi connectivity index (χ0n) is 13.7. The second-order valence-corrected chi connectivity index (χ2v) is 5.74. The second-order valence-electron chi connectivity index (χ2n) is 4.86. The van der Waals surface area contributed by atoms with Crippen LogP contribution in [0.1, 0.15) is 15.9 Å². The summed E-state index contributed by atoms with van der Waals surface area (Å²) in [5.74, 6) is 1.44. The van der Waals surface area contributed by atoms with Crippen LogP contribution in [0.25, 0.3) is 0 Å². The number of hydrogen-bond acceptors (Lipinski definition) is 5. The van der Waals surface area contributed by atoms with Gasteiger partial charge in [0.15, 0.2) is 17.3 Å². The molecule has 0 aliphatic heterocycles. The number of methoxy groups -OCH3 is 3. The fourth-order valence-electron chi connectivity index (χ4n) is 2.27. The first-order chi connectivity index (χ1) is 11.1. The van der Waals surface area contributed by atoms with E-state index in [-0.39, 0.29) is 5.78 Å². The molecule has 2 aromatic carbocycles. The van der Waals surface area contributed by atoms with Gasteiger partial charge in [-0.15, -0.1) is 11.8 Å². The van der Waals surface area contributed by atoms with Gasteiger partial charge < -0.3 is 14.2 Å². The first-order valence-corrected chi connectivity index (χ1v) is 8.31. The molecule has 0 aliphatic carbocycles. The quantitative estimate of drug-likeness (QED) is 0.569. The summed E-state index contributed by atoms with van der Waals surface area (Å²) in [5.41, 5.74) is 1.51. The third kappa shape index (κ3) is 3.99. The summed E-state index contributed by atoms with van der Waals surface area (Å²) >= 11 is 1.67. The summed E-state index contributed by atoms with van der Waals surface area (Å²) in [7, 11) is 4.61. The molecule has 2 rings (SSSR count). The van der Waals surface area contributed by atoms with Crippen LogP contribution in [-0.4, -0.2) is 33.4 Å². The van der Waals surface area contributed by atoms with Gasteiger partial charge in [0, 0.05) is 16.9 Å². The Balaban J connectivity index is 2.27. The number of Topliss-reactive ketones (excluding diaryl/α,β-unsaturated/α-hetero) is 1. The zero-order chi connectivity index (χ0) is 16.8. The Morgan fingerprint density at radius 1 is 0.957 bits per heavy atom. The van der Waals surface area contributed by atoms with Crippen LogP contribution < -0.4 is 14.2 Å². The third-order valence-electron chi connectivity index (χ3n) is 3.51. The van der Waals surface area contributed by atoms with E-state index in [0.29, 0.717) is 29.2 Å². The SMILES string of the molecule is COc1cc(C(=O)Cc2ccc(SC)cc2)cc(OC)c1OC. The van der Waals surface area contributed by atoms with Crippen LogP contribution in [0.3, 0.4) is 0 Å². The van der Waals surface area contributed by atoms with Crippen molar-refractivity contribution >= 4 is 17.5 Å². The van der Waals surface area contributed by atoms with Crippen LogP contribution in [0.4, 0.5) is 0 Å². The van der Waals surface area contributed by atoms with Crippen LogP contribution in [0.15, 0.2) is 41.3 Å². The topological polar surface area (TPSA) is 44.8 Å². The number of ether oxygens (including phenoxy) is 3. The van der Waals surface area contributed by atoms with Crippen molar-refractivity contribution in [1.29, 1.82) is 0 Å². The summed E-state index contributed by atoms with van der Waals surface area (Å²) in [5, 5.41) is 0. The van der Waals surface area contributed by atoms with Crippen LogP contribution in [0.2, 0.25) is 0 Å². The Bertz CT molecular complexity index is 655. The highest BCUT2D eigenvalue weighted by Crippen LogP contribution is 2.38. The lowest BCUT2D eigenvalue weighted by molar-refractivity contribution is 0.0992. The van der Waals surface area contributed by atoms with Gasteiger partial charge in [-0.1, -0.05) is 12.1 Å². The molecule has 0 radical (unpaired) electrons. The highest BCUT2D eigenvalue weighted by Gasteiger charge is 2.17. The van der Waals surface area contributed by atoms with Gasteiger partial charge in [-0.3, -0.25) is 4.79 Å². The van der Waals surface area contributed by atoms with Crippen molar-refractivity contribution in [2.24, 2.45) is 0 Å². The molecular weight excluding hydrogens is 312 g/mol. The van der Waals surface area contributed by atoms with Crippen LogP contribution in [-0.2, 0) is 6.42 Å². The Kier molecular flexibility index (Phi) is 5.93. The number of carbonyl (C=O) groups is 1. The molecule has 0 saturated heterocycles. The van der Waals surface area contributed by atoms with Gasteiger partial charge in [0.05, 0.1) is 21.3 Å². The van der Waals surface area contributed by atoms with E-state index in [0.717, 1.165) is 5.56 Å². The van der Waals surface area contributed by atoms with Crippen LogP contribution in [0.5, 0.6) is 17.2 Å². The largest absolute Gasteiger partial charge is 0.493 e. The van der Waals surface area contributed by atoms with E-state index < -0.39 is 0 Å². The predicted molar refractivity (Wildman–Crippen MR) is 92.4 cm³/mol. The summed E-state index contributed by atoms with van der Waals surface area (Å²) in [6.45, 7) is 0. The van der Waals surface area contributed by atoms with Gasteiger partial charge in [-0.05, 0) is 36.1 Å². The number of thioether (sulfide) groups is 1. The van der Waals surface area contributed by atoms with E-state index >= 15 is 0 Å². The van der Waals surface area contributed by atoms with Gasteiger partial charge in [0.2, 0.25) is 5.75 Å². The molecule has 2 aromatic rings. The fraction of sp³-hybridized carbons (Fsp3) is 0.278. The van der Waals surface area contributed by atoms with Gasteiger partial charge >= 0.3 is 0 Å². The molecule has 0 bridgehead atoms. The first kappa shape index (κ1) is 17.2. The average molecular weight is 332 g/mol. The van der Waals surface area contributed by atoms with E-state index in [9.17, 15) is 4.79 Å². The average Bonchev–Trinajstić information content (AvgIpc) is 2.60. The smallest absolute Gasteiger partial charge is 0.203 e. The molecule has 122 valence electrons. The van der Waals surface area contributed by atoms with Crippen molar-refractivity contribution in [2.45, 2.75) is 11.3 Å². The molecule has 0 amide bonds. The number of carbonyl (C=O) groups excluding carboxylic acids is 1. The normalized spacial score (nSPS) is 10.3. The third-order valence-corrected chi connectivity index (χ3v) is 4.25. The molecule has 0 aromatic heterocycles. The van der Waals surface area contributed by atoms with Gasteiger partial charge in [-0.25, -0.2) is 0 Å². The Morgan fingerprint density at radius 2 is 1.52 bits per heavy atom. The lowest BCUT2D eigenvalue weighted by Crippen LogP contribution is -2.05. The number of rotatable bonds is 7. The molecule has 4 nitrogen and oxygen atoms in total. The zero-order valence-corrected chi connectivity index (χ0v) is 14.5. The molecule has 0 unspecified atom stereocenters. The number of benzene rings is 2. The Hall–Kier alpha value is -2.14. The highest BCUT2D eigenvalue weighted by molar-refractivity contribution is 7.98. The highest BCUT2D eigenvalue weighted by atomic mass is 32.2. The minimum absolute atomic E-state index is 0.00107. The molecular formula is C18H20O4S. The lowest BCUT2D eigenvalue weighted by Gasteiger charge is -2.13. The van der Waals surface area contributed by atoms with E-state index in [1.165, 1.54) is 26.2 Å². The monoisotopic (exact) mass is 332 g/mol. The standard InChI is InChI=1S/C18H20O4S/c1-20-16-10-13(11-17(21-2)18(16)22-3)15(19)9-12-5-7-14(23-4)8-6-12/h5-8,10-11H,9H2,1-4H3. The molecule has 0 heterocycles. The molecule has 23 heavy (non-hydrogen) atoms. The summed E-state index contributed by atoms with van der Waals surface area (Å²) in [6, 6.07) is 11.3. The van der Waals surface area contributed by atoms with Gasteiger partial charge in [0.1, 0.15) is 0 Å². The maximum Gasteiger partial charge on any atom is 0.203 e. The molecule has 5 heteroatoms.